The maximum Gasteiger partial charge on any atom is 0.144 e. The summed E-state index contributed by atoms with van der Waals surface area (Å²) in [6.07, 6.45) is 0. The standard InChI is InChI=1S/C14H13N3O/c1-10-2-5-12(8-15)14(17-10)16-9-11-3-6-13(18)7-4-11/h2-7,18H,9H2,1H3,(H,16,17). The highest BCUT2D eigenvalue weighted by atomic mass is 16.3. The van der Waals surface area contributed by atoms with Crippen molar-refractivity contribution in [3.8, 4) is 11.8 Å². The number of phenols is 1. The van der Waals surface area contributed by atoms with Crippen molar-refractivity contribution in [1.82, 2.24) is 4.98 Å². The number of aryl methyl sites for hydroxylation is 1. The molecule has 4 heteroatoms. The molecule has 0 saturated carbocycles. The zero-order valence-corrected chi connectivity index (χ0v) is 10.0. The number of rotatable bonds is 3. The number of hydrogen-bond acceptors (Lipinski definition) is 4. The van der Waals surface area contributed by atoms with Gasteiger partial charge >= 0.3 is 0 Å². The van der Waals surface area contributed by atoms with Crippen LogP contribution < -0.4 is 5.32 Å². The van der Waals surface area contributed by atoms with E-state index in [1.807, 2.05) is 25.1 Å². The van der Waals surface area contributed by atoms with Gasteiger partial charge in [0.25, 0.3) is 0 Å². The molecule has 1 aromatic carbocycles. The number of benzene rings is 1. The van der Waals surface area contributed by atoms with Crippen LogP contribution in [0.5, 0.6) is 5.75 Å². The fraction of sp³-hybridized carbons (Fsp3) is 0.143. The first-order chi connectivity index (χ1) is 8.69. The van der Waals surface area contributed by atoms with Crippen LogP contribution in [0.15, 0.2) is 36.4 Å². The maximum absolute atomic E-state index is 9.18. The van der Waals surface area contributed by atoms with Crippen LogP contribution in [0.1, 0.15) is 16.8 Å². The Bertz CT molecular complexity index is 585. The van der Waals surface area contributed by atoms with Crippen molar-refractivity contribution in [2.45, 2.75) is 13.5 Å². The lowest BCUT2D eigenvalue weighted by Crippen LogP contribution is -2.04. The van der Waals surface area contributed by atoms with E-state index in [2.05, 4.69) is 16.4 Å². The van der Waals surface area contributed by atoms with Crippen molar-refractivity contribution in [2.75, 3.05) is 5.32 Å². The van der Waals surface area contributed by atoms with Gasteiger partial charge in [-0.25, -0.2) is 4.98 Å². The topological polar surface area (TPSA) is 68.9 Å². The van der Waals surface area contributed by atoms with E-state index in [0.29, 0.717) is 17.9 Å². The highest BCUT2D eigenvalue weighted by molar-refractivity contribution is 5.52. The Labute approximate surface area is 106 Å². The number of pyridine rings is 1. The van der Waals surface area contributed by atoms with Crippen LogP contribution in [-0.2, 0) is 6.54 Å². The highest BCUT2D eigenvalue weighted by Crippen LogP contribution is 2.15. The van der Waals surface area contributed by atoms with Gasteiger partial charge in [0.15, 0.2) is 0 Å². The average molecular weight is 239 g/mol. The van der Waals surface area contributed by atoms with Crippen LogP contribution in [0.25, 0.3) is 0 Å². The summed E-state index contributed by atoms with van der Waals surface area (Å²) in [5, 5.41) is 21.3. The van der Waals surface area contributed by atoms with Crippen LogP contribution >= 0.6 is 0 Å². The van der Waals surface area contributed by atoms with Crippen molar-refractivity contribution in [1.29, 1.82) is 5.26 Å². The van der Waals surface area contributed by atoms with Crippen molar-refractivity contribution in [3.05, 3.63) is 53.2 Å². The van der Waals surface area contributed by atoms with Crippen LogP contribution in [0, 0.1) is 18.3 Å². The fourth-order valence-corrected chi connectivity index (χ4v) is 1.58. The molecule has 2 rings (SSSR count). The molecule has 2 aromatic rings. The van der Waals surface area contributed by atoms with Crippen LogP contribution in [0.3, 0.4) is 0 Å². The number of nitriles is 1. The molecule has 0 aliphatic rings. The first-order valence-electron chi connectivity index (χ1n) is 5.58. The minimum atomic E-state index is 0.241. The van der Waals surface area contributed by atoms with Gasteiger partial charge in [0.2, 0.25) is 0 Å². The second kappa shape index (κ2) is 5.19. The van der Waals surface area contributed by atoms with E-state index in [0.717, 1.165) is 11.3 Å². The number of anilines is 1. The Morgan fingerprint density at radius 3 is 2.61 bits per heavy atom. The molecule has 0 aliphatic carbocycles. The highest BCUT2D eigenvalue weighted by Gasteiger charge is 2.03. The minimum Gasteiger partial charge on any atom is -0.508 e. The van der Waals surface area contributed by atoms with E-state index in [1.165, 1.54) is 0 Å². The summed E-state index contributed by atoms with van der Waals surface area (Å²) in [6.45, 7) is 2.44. The molecule has 18 heavy (non-hydrogen) atoms. The molecule has 0 bridgehead atoms. The molecule has 1 aromatic heterocycles. The normalized spacial score (nSPS) is 9.78. The van der Waals surface area contributed by atoms with E-state index in [-0.39, 0.29) is 5.75 Å². The molecule has 0 spiro atoms. The summed E-state index contributed by atoms with van der Waals surface area (Å²) >= 11 is 0. The van der Waals surface area contributed by atoms with E-state index in [9.17, 15) is 5.11 Å². The number of nitrogens with one attached hydrogen (secondary N) is 1. The molecule has 0 amide bonds. The molecule has 2 N–H and O–H groups in total. The Balaban J connectivity index is 2.13. The lowest BCUT2D eigenvalue weighted by Gasteiger charge is -2.08. The second-order valence-corrected chi connectivity index (χ2v) is 3.98. The number of nitrogens with zero attached hydrogens (tertiary/aromatic N) is 2. The zero-order chi connectivity index (χ0) is 13.0. The smallest absolute Gasteiger partial charge is 0.144 e. The molecule has 0 fully saturated rings. The Hall–Kier alpha value is -2.54. The van der Waals surface area contributed by atoms with Crippen LogP contribution in [0.4, 0.5) is 5.82 Å². The summed E-state index contributed by atoms with van der Waals surface area (Å²) in [7, 11) is 0. The Morgan fingerprint density at radius 2 is 1.94 bits per heavy atom. The molecule has 0 atom stereocenters. The van der Waals surface area contributed by atoms with Crippen molar-refractivity contribution >= 4 is 5.82 Å². The van der Waals surface area contributed by atoms with Gasteiger partial charge in [-0.1, -0.05) is 12.1 Å². The third kappa shape index (κ3) is 2.77. The van der Waals surface area contributed by atoms with Gasteiger partial charge in [0.1, 0.15) is 17.6 Å². The third-order valence-corrected chi connectivity index (χ3v) is 2.55. The SMILES string of the molecule is Cc1ccc(C#N)c(NCc2ccc(O)cc2)n1. The summed E-state index contributed by atoms with van der Waals surface area (Å²) in [5.41, 5.74) is 2.40. The lowest BCUT2D eigenvalue weighted by atomic mass is 10.2. The summed E-state index contributed by atoms with van der Waals surface area (Å²) < 4.78 is 0. The maximum atomic E-state index is 9.18. The molecule has 0 aliphatic heterocycles. The van der Waals surface area contributed by atoms with Crippen molar-refractivity contribution in [2.24, 2.45) is 0 Å². The van der Waals surface area contributed by atoms with Crippen LogP contribution in [-0.4, -0.2) is 10.1 Å². The van der Waals surface area contributed by atoms with E-state index >= 15 is 0 Å². The summed E-state index contributed by atoms with van der Waals surface area (Å²) in [5.74, 6) is 0.829. The van der Waals surface area contributed by atoms with E-state index < -0.39 is 0 Å². The van der Waals surface area contributed by atoms with Gasteiger partial charge < -0.3 is 10.4 Å². The zero-order valence-electron chi connectivity index (χ0n) is 10.0. The first kappa shape index (κ1) is 11.9. The Morgan fingerprint density at radius 1 is 1.22 bits per heavy atom. The van der Waals surface area contributed by atoms with Gasteiger partial charge in [0.05, 0.1) is 5.56 Å². The number of aromatic hydroxyl groups is 1. The third-order valence-electron chi connectivity index (χ3n) is 2.55. The van der Waals surface area contributed by atoms with Crippen molar-refractivity contribution in [3.63, 3.8) is 0 Å². The van der Waals surface area contributed by atoms with E-state index in [1.54, 1.807) is 18.2 Å². The number of hydrogen-bond donors (Lipinski definition) is 2. The minimum absolute atomic E-state index is 0.241. The molecule has 0 saturated heterocycles. The van der Waals surface area contributed by atoms with Gasteiger partial charge in [0, 0.05) is 12.2 Å². The monoisotopic (exact) mass is 239 g/mol. The second-order valence-electron chi connectivity index (χ2n) is 3.98. The molecule has 1 heterocycles. The van der Waals surface area contributed by atoms with Gasteiger partial charge in [-0.15, -0.1) is 0 Å². The lowest BCUT2D eigenvalue weighted by molar-refractivity contribution is 0.475. The fourth-order valence-electron chi connectivity index (χ4n) is 1.58. The summed E-state index contributed by atoms with van der Waals surface area (Å²) in [4.78, 5) is 4.29. The number of phenolic OH excluding ortho intramolecular Hbond substituents is 1. The van der Waals surface area contributed by atoms with Gasteiger partial charge in [-0.2, -0.15) is 5.26 Å². The molecule has 0 unspecified atom stereocenters. The van der Waals surface area contributed by atoms with Gasteiger partial charge in [-0.3, -0.25) is 0 Å². The van der Waals surface area contributed by atoms with Crippen LogP contribution in [0.2, 0.25) is 0 Å². The summed E-state index contributed by atoms with van der Waals surface area (Å²) in [6, 6.07) is 12.6. The van der Waals surface area contributed by atoms with Crippen molar-refractivity contribution < 1.29 is 5.11 Å². The molecule has 0 radical (unpaired) electrons. The predicted molar refractivity (Wildman–Crippen MR) is 69.1 cm³/mol. The van der Waals surface area contributed by atoms with E-state index in [4.69, 9.17) is 5.26 Å². The first-order valence-corrected chi connectivity index (χ1v) is 5.58. The molecular formula is C14H13N3O. The molecule has 4 nitrogen and oxygen atoms in total. The quantitative estimate of drug-likeness (QED) is 0.863. The van der Waals surface area contributed by atoms with Gasteiger partial charge in [-0.05, 0) is 36.8 Å². The predicted octanol–water partition coefficient (Wildman–Crippen LogP) is 2.58. The largest absolute Gasteiger partial charge is 0.508 e. The average Bonchev–Trinajstić information content (AvgIpc) is 2.38. The number of aromatic nitrogens is 1. The Kier molecular flexibility index (Phi) is 3.44. The molecular weight excluding hydrogens is 226 g/mol. The molecule has 90 valence electrons.